The van der Waals surface area contributed by atoms with Crippen LogP contribution in [0.25, 0.3) is 0 Å². The van der Waals surface area contributed by atoms with Crippen LogP contribution in [-0.4, -0.2) is 42.1 Å². The Morgan fingerprint density at radius 2 is 0.296 bits per heavy atom. The molecule has 2 aromatic carbocycles. The topological polar surface area (TPSA) is 0 Å². The molecular weight excluding hydrogens is 847 g/mol. The molecule has 0 aliphatic heterocycles. The van der Waals surface area contributed by atoms with Gasteiger partial charge in [0.1, 0.15) is 0 Å². The molecule has 5 heteroatoms. The molecule has 1 fully saturated rings. The largest absolute Gasteiger partial charge is 0.0807 e. The van der Waals surface area contributed by atoms with Gasteiger partial charge in [0.25, 0.3) is 0 Å². The standard InChI is InChI=1S/2C7H8.2C6H6.C5H10.5C4H10.5C2H6.5CH4.5B.5H2/c2*1-2-4-6-7-5-3-1;2*1-2-4-6-5-3-1;1-2-4-5-3-1;5*1-4(2)3;5*1-2;;;;;;;;;;;;;;;/h2*1-6H,7H2;2*1-6H;1-5H2;5*4H,1-3H3;5*1-2H3;5*1H4;;;;;;5*1H/i;;;;;;;;;;;;;;;;;;;;;;;;;5*1+1. The van der Waals surface area contributed by atoms with Crippen molar-refractivity contribution in [3.63, 3.8) is 0 Å². The molecule has 0 saturated heterocycles. The maximum Gasteiger partial charge on any atom is 0 e. The molecule has 0 unspecified atom stereocenters. The number of allylic oxidation sites excluding steroid dienone is 12. The SMILES string of the molecule is C.C.C.C.C.C1=CC=CCC=C1.C1=CC=CCC=C1.C1CCCC1.CC.CC.CC.CC.CC.CC(C)C.CC(C)C.CC(C)C.CC(C)C.CC(C)C.[2HH].[2HH].[2HH].[2HH].[2HH].[B].[B].[B].[B].[B].c1ccccc1.c1ccccc1. The highest BCUT2D eigenvalue weighted by Crippen LogP contribution is 2.15. The van der Waals surface area contributed by atoms with E-state index >= 15 is 0 Å². The van der Waals surface area contributed by atoms with E-state index in [-0.39, 0.29) is 86.3 Å². The lowest BCUT2D eigenvalue weighted by Crippen LogP contribution is -1.66. The van der Waals surface area contributed by atoms with E-state index in [1.165, 1.54) is 32.1 Å². The molecule has 5 rings (SSSR count). The third-order valence-electron chi connectivity index (χ3n) is 4.34. The summed E-state index contributed by atoms with van der Waals surface area (Å²) >= 11 is 0. The molecule has 0 bridgehead atoms. The van der Waals surface area contributed by atoms with Crippen molar-refractivity contribution in [1.82, 2.24) is 0 Å². The number of rotatable bonds is 0. The lowest BCUT2D eigenvalue weighted by molar-refractivity contribution is 0.736. The van der Waals surface area contributed by atoms with Gasteiger partial charge in [0.15, 0.2) is 0 Å². The zero-order chi connectivity index (χ0) is 49.8. The maximum absolute atomic E-state index is 2.17. The Kier molecular flexibility index (Phi) is 295. The molecule has 2 aromatic rings. The van der Waals surface area contributed by atoms with Crippen LogP contribution < -0.4 is 0 Å². The van der Waals surface area contributed by atoms with Gasteiger partial charge < -0.3 is 0 Å². The molecule has 0 amide bonds. The van der Waals surface area contributed by atoms with Crippen molar-refractivity contribution in [3.8, 4) is 0 Å². The highest BCUT2D eigenvalue weighted by molar-refractivity contribution is 5.76. The van der Waals surface area contributed by atoms with E-state index in [0.29, 0.717) is 0 Å². The fourth-order valence-electron chi connectivity index (χ4n) is 2.70. The Hall–Kier alpha value is -2.80. The van der Waals surface area contributed by atoms with Crippen LogP contribution in [0.4, 0.5) is 0 Å². The van der Waals surface area contributed by atoms with Crippen LogP contribution in [0.1, 0.15) is 262 Å². The smallest absolute Gasteiger partial charge is 0 e. The molecular formula is C66H148B5. The molecule has 3 aliphatic rings. The van der Waals surface area contributed by atoms with E-state index in [4.69, 9.17) is 0 Å². The first-order chi connectivity index (χ1) is 29.2. The van der Waals surface area contributed by atoms with E-state index in [1.807, 2.05) is 166 Å². The van der Waals surface area contributed by atoms with Crippen LogP contribution in [0.3, 0.4) is 0 Å². The van der Waals surface area contributed by atoms with Crippen molar-refractivity contribution in [3.05, 3.63) is 146 Å². The highest BCUT2D eigenvalue weighted by Gasteiger charge is 1.95. The Morgan fingerprint density at radius 3 is 0.380 bits per heavy atom. The maximum atomic E-state index is 2.17. The Morgan fingerprint density at radius 1 is 0.211 bits per heavy atom. The van der Waals surface area contributed by atoms with Gasteiger partial charge in [-0.1, -0.05) is 388 Å². The van der Waals surface area contributed by atoms with Crippen LogP contribution in [0, 0.1) is 29.6 Å². The molecule has 0 spiro atoms. The zero-order valence-electron chi connectivity index (χ0n) is 49.6. The Balaban J connectivity index is -0.0000000160. The van der Waals surface area contributed by atoms with Crippen molar-refractivity contribution >= 4 is 42.1 Å². The fourth-order valence-corrected chi connectivity index (χ4v) is 2.70. The quantitative estimate of drug-likeness (QED) is 0.231. The van der Waals surface area contributed by atoms with Crippen molar-refractivity contribution in [1.29, 1.82) is 0 Å². The molecule has 15 radical (unpaired) electrons. The van der Waals surface area contributed by atoms with Gasteiger partial charge in [-0.2, -0.15) is 0 Å². The molecule has 71 heavy (non-hydrogen) atoms. The molecule has 0 N–H and O–H groups in total. The number of hydrogen-bond acceptors (Lipinski definition) is 0. The first-order valence-corrected chi connectivity index (χ1v) is 25.1. The van der Waals surface area contributed by atoms with E-state index in [2.05, 4.69) is 152 Å². The molecule has 3 aliphatic carbocycles. The minimum Gasteiger partial charge on any atom is -0.0807 e. The van der Waals surface area contributed by atoms with Crippen LogP contribution in [0.5, 0.6) is 0 Å². The van der Waals surface area contributed by atoms with Crippen LogP contribution in [-0.2, 0) is 0 Å². The number of benzene rings is 2. The van der Waals surface area contributed by atoms with Crippen LogP contribution in [0.15, 0.2) is 146 Å². The summed E-state index contributed by atoms with van der Waals surface area (Å²) in [4.78, 5) is 0. The van der Waals surface area contributed by atoms with Crippen molar-refractivity contribution < 1.29 is 7.13 Å². The Labute approximate surface area is 477 Å². The summed E-state index contributed by atoms with van der Waals surface area (Å²) in [5.74, 6) is 4.17. The van der Waals surface area contributed by atoms with Gasteiger partial charge in [-0.3, -0.25) is 0 Å². The summed E-state index contributed by atoms with van der Waals surface area (Å²) in [6, 6.07) is 24.0. The van der Waals surface area contributed by atoms with Crippen molar-refractivity contribution in [2.24, 2.45) is 29.6 Å². The van der Waals surface area contributed by atoms with E-state index in [9.17, 15) is 0 Å². The van der Waals surface area contributed by atoms with E-state index < -0.39 is 0 Å². The van der Waals surface area contributed by atoms with Gasteiger partial charge in [0.2, 0.25) is 0 Å². The average Bonchev–Trinajstić information content (AvgIpc) is 3.49. The summed E-state index contributed by atoms with van der Waals surface area (Å²) in [6.07, 6.45) is 34.5. The van der Waals surface area contributed by atoms with Crippen LogP contribution >= 0.6 is 0 Å². The van der Waals surface area contributed by atoms with Crippen molar-refractivity contribution in [2.45, 2.75) is 255 Å². The lowest BCUT2D eigenvalue weighted by Gasteiger charge is -1.79. The Bertz CT molecular complexity index is 826. The molecule has 427 valence electrons. The van der Waals surface area contributed by atoms with E-state index in [0.717, 1.165) is 42.4 Å². The van der Waals surface area contributed by atoms with Gasteiger partial charge in [-0.25, -0.2) is 0 Å². The van der Waals surface area contributed by atoms with Gasteiger partial charge in [-0.05, 0) is 42.4 Å². The van der Waals surface area contributed by atoms with Gasteiger partial charge in [-0.15, -0.1) is 0 Å². The second kappa shape index (κ2) is 158. The minimum absolute atomic E-state index is 0. The van der Waals surface area contributed by atoms with Crippen LogP contribution in [0.2, 0.25) is 0 Å². The first kappa shape index (κ1) is 133. The number of hydrogen-bond donors (Lipinski definition) is 0. The van der Waals surface area contributed by atoms with Gasteiger partial charge in [0, 0.05) is 49.2 Å². The summed E-state index contributed by atoms with van der Waals surface area (Å²) < 4.78 is 0. The lowest BCUT2D eigenvalue weighted by atomic mass is 10.3. The predicted molar refractivity (Wildman–Crippen MR) is 372 cm³/mol. The minimum atomic E-state index is 0. The first-order valence-electron chi connectivity index (χ1n) is 25.1. The second-order valence-corrected chi connectivity index (χ2v) is 15.7. The second-order valence-electron chi connectivity index (χ2n) is 15.7. The average molecular weight is 1000 g/mol. The third kappa shape index (κ3) is 359. The summed E-state index contributed by atoms with van der Waals surface area (Å²) in [7, 11) is 0. The van der Waals surface area contributed by atoms with Gasteiger partial charge >= 0.3 is 0 Å². The summed E-state index contributed by atoms with van der Waals surface area (Å²) in [6.45, 7) is 52.5. The fraction of sp³-hybridized carbons (Fsp3) is 0.636. The predicted octanol–water partition coefficient (Wildman–Crippen LogP) is 25.4. The molecule has 0 atom stereocenters. The molecule has 0 aromatic heterocycles. The van der Waals surface area contributed by atoms with E-state index in [1.54, 1.807) is 0 Å². The summed E-state index contributed by atoms with van der Waals surface area (Å²) in [5.41, 5.74) is 0. The third-order valence-corrected chi connectivity index (χ3v) is 4.34. The van der Waals surface area contributed by atoms with Gasteiger partial charge in [0.05, 0.1) is 0 Å². The normalized spacial score (nSPS) is 9.38. The summed E-state index contributed by atoms with van der Waals surface area (Å²) in [5, 5.41) is 0. The molecule has 0 nitrogen and oxygen atoms in total. The molecule has 0 heterocycles. The zero-order valence-corrected chi connectivity index (χ0v) is 49.6. The monoisotopic (exact) mass is 1000 g/mol. The molecule has 1 saturated carbocycles. The van der Waals surface area contributed by atoms with Crippen molar-refractivity contribution in [2.75, 3.05) is 0 Å². The highest BCUT2D eigenvalue weighted by atomic mass is 14.0.